The zero-order valence-electron chi connectivity index (χ0n) is 19.5. The Balaban J connectivity index is 2.07. The Hall–Kier alpha value is -1.79. The molecule has 0 radical (unpaired) electrons. The molecule has 1 fully saturated rings. The third-order valence-electron chi connectivity index (χ3n) is 6.17. The fourth-order valence-electron chi connectivity index (χ4n) is 4.51. The first-order valence-electron chi connectivity index (χ1n) is 11.4. The van der Waals surface area contributed by atoms with Gasteiger partial charge in [0.15, 0.2) is 5.79 Å². The van der Waals surface area contributed by atoms with Gasteiger partial charge in [0.2, 0.25) is 0 Å². The molecule has 4 nitrogen and oxygen atoms in total. The van der Waals surface area contributed by atoms with Crippen molar-refractivity contribution < 1.29 is 46.0 Å². The largest absolute Gasteiger partial charge is 0.416 e. The van der Waals surface area contributed by atoms with Gasteiger partial charge in [-0.2, -0.15) is 38.1 Å². The maximum Gasteiger partial charge on any atom is 0.416 e. The number of halogens is 6. The van der Waals surface area contributed by atoms with Gasteiger partial charge in [0.05, 0.1) is 30.4 Å². The van der Waals surface area contributed by atoms with Gasteiger partial charge in [0.25, 0.3) is 0 Å². The summed E-state index contributed by atoms with van der Waals surface area (Å²) in [4.78, 5) is 0. The van der Waals surface area contributed by atoms with Crippen LogP contribution >= 0.6 is 11.8 Å². The number of aliphatic hydroxyl groups excluding tert-OH is 2. The predicted molar refractivity (Wildman–Crippen MR) is 123 cm³/mol. The van der Waals surface area contributed by atoms with E-state index in [-0.39, 0.29) is 43.1 Å². The highest BCUT2D eigenvalue weighted by molar-refractivity contribution is 7.99. The summed E-state index contributed by atoms with van der Waals surface area (Å²) in [5.41, 5.74) is -2.40. The summed E-state index contributed by atoms with van der Waals surface area (Å²) in [7, 11) is 0. The molecule has 0 spiro atoms. The summed E-state index contributed by atoms with van der Waals surface area (Å²) in [6, 6.07) is 10.4. The van der Waals surface area contributed by atoms with E-state index in [0.717, 1.165) is 5.56 Å². The normalized spacial score (nSPS) is 24.0. The smallest absolute Gasteiger partial charge is 0.396 e. The highest BCUT2D eigenvalue weighted by Gasteiger charge is 2.50. The summed E-state index contributed by atoms with van der Waals surface area (Å²) in [5, 5.41) is 19.4. The molecule has 2 N–H and O–H groups in total. The molecule has 2 aromatic carbocycles. The van der Waals surface area contributed by atoms with Crippen LogP contribution in [0.2, 0.25) is 0 Å². The van der Waals surface area contributed by atoms with Crippen molar-refractivity contribution in [3.8, 4) is 0 Å². The van der Waals surface area contributed by atoms with E-state index in [4.69, 9.17) is 9.47 Å². The minimum absolute atomic E-state index is 0.0781. The summed E-state index contributed by atoms with van der Waals surface area (Å²) < 4.78 is 93.0. The Labute approximate surface area is 209 Å². The molecule has 0 amide bonds. The van der Waals surface area contributed by atoms with Crippen molar-refractivity contribution in [2.24, 2.45) is 5.92 Å². The van der Waals surface area contributed by atoms with E-state index in [2.05, 4.69) is 0 Å². The monoisotopic (exact) mass is 538 g/mol. The minimum atomic E-state index is -4.99. The van der Waals surface area contributed by atoms with E-state index in [1.165, 1.54) is 18.7 Å². The zero-order valence-corrected chi connectivity index (χ0v) is 20.3. The highest BCUT2D eigenvalue weighted by atomic mass is 32.2. The average molecular weight is 539 g/mol. The molecular weight excluding hydrogens is 510 g/mol. The molecule has 1 aliphatic heterocycles. The van der Waals surface area contributed by atoms with Gasteiger partial charge >= 0.3 is 12.4 Å². The molecule has 1 aliphatic rings. The number of benzene rings is 2. The van der Waals surface area contributed by atoms with E-state index >= 15 is 0 Å². The van der Waals surface area contributed by atoms with Crippen LogP contribution in [-0.2, 0) is 21.8 Å². The summed E-state index contributed by atoms with van der Waals surface area (Å²) in [6.07, 6.45) is -10.7. The molecule has 0 bridgehead atoms. The van der Waals surface area contributed by atoms with Gasteiger partial charge in [0.1, 0.15) is 0 Å². The first-order chi connectivity index (χ1) is 16.9. The number of hydrogen-bond acceptors (Lipinski definition) is 5. The lowest BCUT2D eigenvalue weighted by molar-refractivity contribution is -0.283. The van der Waals surface area contributed by atoms with Crippen LogP contribution in [-0.4, -0.2) is 47.3 Å². The number of hydrogen-bond donors (Lipinski definition) is 2. The van der Waals surface area contributed by atoms with Crippen LogP contribution in [0.4, 0.5) is 26.3 Å². The Kier molecular flexibility index (Phi) is 9.37. The van der Waals surface area contributed by atoms with Crippen molar-refractivity contribution in [3.05, 3.63) is 70.8 Å². The molecule has 0 saturated carbocycles. The van der Waals surface area contributed by atoms with E-state index in [0.29, 0.717) is 24.3 Å². The number of aliphatic hydroxyl groups is 2. The average Bonchev–Trinajstić information content (AvgIpc) is 2.83. The highest BCUT2D eigenvalue weighted by Crippen LogP contribution is 2.48. The molecule has 200 valence electrons. The van der Waals surface area contributed by atoms with Gasteiger partial charge in [-0.25, -0.2) is 0 Å². The quantitative estimate of drug-likeness (QED) is 0.301. The maximum atomic E-state index is 13.4. The number of ether oxygens (including phenoxy) is 2. The van der Waals surface area contributed by atoms with Crippen LogP contribution < -0.4 is 0 Å². The van der Waals surface area contributed by atoms with Crippen LogP contribution in [0, 0.1) is 5.92 Å². The zero-order chi connectivity index (χ0) is 26.6. The molecule has 4 unspecified atom stereocenters. The number of rotatable bonds is 9. The second-order valence-corrected chi connectivity index (χ2v) is 9.76. The minimum Gasteiger partial charge on any atom is -0.396 e. The van der Waals surface area contributed by atoms with Gasteiger partial charge in [-0.15, -0.1) is 0 Å². The molecule has 4 atom stereocenters. The first kappa shape index (κ1) is 28.8. The standard InChI is InChI=1S/C25H28F6O4S/c1-16(19-11-20(24(26,27)28)13-21(12-19)25(29,30)31)35-23(15-36-10-8-32)22(17-5-3-2-4-6-17)18(14-33)7-9-34-23/h2-6,11-13,16,18,22,32-33H,7-10,14-15H2,1H3. The van der Waals surface area contributed by atoms with Crippen LogP contribution in [0.15, 0.2) is 48.5 Å². The van der Waals surface area contributed by atoms with Crippen LogP contribution in [0.5, 0.6) is 0 Å². The third-order valence-corrected chi connectivity index (χ3v) is 7.25. The first-order valence-corrected chi connectivity index (χ1v) is 12.5. The predicted octanol–water partition coefficient (Wildman–Crippen LogP) is 6.04. The van der Waals surface area contributed by atoms with Crippen molar-refractivity contribution in [2.45, 2.75) is 43.5 Å². The molecule has 2 aromatic rings. The van der Waals surface area contributed by atoms with Gasteiger partial charge in [-0.1, -0.05) is 30.3 Å². The molecular formula is C25H28F6O4S. The summed E-state index contributed by atoms with van der Waals surface area (Å²) in [5.74, 6) is -1.90. The van der Waals surface area contributed by atoms with Crippen LogP contribution in [0.25, 0.3) is 0 Å². The van der Waals surface area contributed by atoms with Crippen molar-refractivity contribution in [2.75, 3.05) is 31.3 Å². The Bertz CT molecular complexity index is 953. The molecule has 11 heteroatoms. The molecule has 0 aromatic heterocycles. The molecule has 1 saturated heterocycles. The SMILES string of the molecule is CC(OC1(CSCCO)OCCC(CO)C1c1ccccc1)c1cc(C(F)(F)F)cc(C(F)(F)F)c1. The van der Waals surface area contributed by atoms with E-state index < -0.39 is 41.3 Å². The number of alkyl halides is 6. The van der Waals surface area contributed by atoms with Gasteiger partial charge < -0.3 is 19.7 Å². The Morgan fingerprint density at radius 1 is 1.03 bits per heavy atom. The Morgan fingerprint density at radius 2 is 1.64 bits per heavy atom. The summed E-state index contributed by atoms with van der Waals surface area (Å²) in [6.45, 7) is 1.20. The lowest BCUT2D eigenvalue weighted by atomic mass is 9.77. The van der Waals surface area contributed by atoms with Gasteiger partial charge in [0, 0.05) is 24.0 Å². The Morgan fingerprint density at radius 3 is 2.17 bits per heavy atom. The molecule has 3 rings (SSSR count). The molecule has 0 aliphatic carbocycles. The fourth-order valence-corrected chi connectivity index (χ4v) is 5.40. The van der Waals surface area contributed by atoms with Crippen molar-refractivity contribution >= 4 is 11.8 Å². The topological polar surface area (TPSA) is 58.9 Å². The lowest BCUT2D eigenvalue weighted by Crippen LogP contribution is -2.52. The van der Waals surface area contributed by atoms with Gasteiger partial charge in [-0.3, -0.25) is 0 Å². The van der Waals surface area contributed by atoms with E-state index in [1.807, 2.05) is 12.1 Å². The van der Waals surface area contributed by atoms with E-state index in [1.54, 1.807) is 18.2 Å². The lowest BCUT2D eigenvalue weighted by Gasteiger charge is -2.48. The second-order valence-electron chi connectivity index (χ2n) is 8.66. The van der Waals surface area contributed by atoms with E-state index in [9.17, 15) is 36.6 Å². The van der Waals surface area contributed by atoms with Crippen LogP contribution in [0.3, 0.4) is 0 Å². The fraction of sp³-hybridized carbons (Fsp3) is 0.520. The van der Waals surface area contributed by atoms with Gasteiger partial charge in [-0.05, 0) is 48.6 Å². The van der Waals surface area contributed by atoms with Crippen molar-refractivity contribution in [3.63, 3.8) is 0 Å². The van der Waals surface area contributed by atoms with Crippen molar-refractivity contribution in [1.82, 2.24) is 0 Å². The molecule has 36 heavy (non-hydrogen) atoms. The second kappa shape index (κ2) is 11.7. The molecule has 1 heterocycles. The van der Waals surface area contributed by atoms with Crippen LogP contribution in [0.1, 0.15) is 47.6 Å². The van der Waals surface area contributed by atoms with Crippen molar-refractivity contribution in [1.29, 1.82) is 0 Å². The third kappa shape index (κ3) is 6.74. The number of thioether (sulfide) groups is 1. The maximum absolute atomic E-state index is 13.4. The summed E-state index contributed by atoms with van der Waals surface area (Å²) >= 11 is 1.28.